The first-order valence-corrected chi connectivity index (χ1v) is 7.17. The Bertz CT molecular complexity index is 625. The van der Waals surface area contributed by atoms with Crippen LogP contribution in [0, 0.1) is 5.41 Å². The van der Waals surface area contributed by atoms with Gasteiger partial charge in [0.2, 0.25) is 5.92 Å². The van der Waals surface area contributed by atoms with Crippen LogP contribution in [0.25, 0.3) is 0 Å². The van der Waals surface area contributed by atoms with Gasteiger partial charge in [0.05, 0.1) is 0 Å². The van der Waals surface area contributed by atoms with E-state index in [0.717, 1.165) is 5.69 Å². The summed E-state index contributed by atoms with van der Waals surface area (Å²) in [6.07, 6.45) is 0.159. The molecule has 1 spiro atoms. The Morgan fingerprint density at radius 2 is 2.00 bits per heavy atom. The third-order valence-corrected chi connectivity index (χ3v) is 4.63. The molecule has 0 saturated heterocycles. The zero-order chi connectivity index (χ0) is 16.2. The van der Waals surface area contributed by atoms with Crippen molar-refractivity contribution in [3.8, 4) is 0 Å². The molecule has 0 aliphatic heterocycles. The lowest BCUT2D eigenvalue weighted by Gasteiger charge is -2.61. The number of halogens is 2. The van der Waals surface area contributed by atoms with Crippen LogP contribution >= 0.6 is 0 Å². The third-order valence-electron chi connectivity index (χ3n) is 4.63. The van der Waals surface area contributed by atoms with Gasteiger partial charge in [0.25, 0.3) is 5.91 Å². The molecule has 0 unspecified atom stereocenters. The highest BCUT2D eigenvalue weighted by atomic mass is 19.3. The smallest absolute Gasteiger partial charge is 0.329 e. The van der Waals surface area contributed by atoms with Crippen LogP contribution in [-0.4, -0.2) is 38.6 Å². The number of nitrogens with one attached hydrogen (secondary N) is 2. The van der Waals surface area contributed by atoms with Gasteiger partial charge >= 0.3 is 5.97 Å². The predicted octanol–water partition coefficient (Wildman–Crippen LogP) is 1.73. The summed E-state index contributed by atoms with van der Waals surface area (Å²) in [5.41, 5.74) is -1.23. The molecule has 2 fully saturated rings. The maximum absolute atomic E-state index is 13.0. The molecule has 0 atom stereocenters. The molecule has 3 rings (SSSR count). The number of aromatic nitrogens is 2. The first-order valence-electron chi connectivity index (χ1n) is 7.17. The molecule has 22 heavy (non-hydrogen) atoms. The molecule has 1 amide bonds. The SMILES string of the molecule is CCc1cc(C(=O)NC2(C(=O)O)CC3(CC(F)(F)C3)C2)n[nH]1. The van der Waals surface area contributed by atoms with Crippen LogP contribution in [0.4, 0.5) is 8.78 Å². The monoisotopic (exact) mass is 313 g/mol. The van der Waals surface area contributed by atoms with Gasteiger partial charge in [0, 0.05) is 18.5 Å². The van der Waals surface area contributed by atoms with E-state index in [0.29, 0.717) is 6.42 Å². The zero-order valence-corrected chi connectivity index (χ0v) is 12.1. The number of alkyl halides is 2. The van der Waals surface area contributed by atoms with E-state index in [-0.39, 0.29) is 31.4 Å². The highest BCUT2D eigenvalue weighted by Gasteiger charge is 2.69. The fraction of sp³-hybridized carbons (Fsp3) is 0.643. The molecule has 2 saturated carbocycles. The Labute approximate surface area is 125 Å². The molecule has 2 aliphatic rings. The molecule has 0 bridgehead atoms. The Kier molecular flexibility index (Phi) is 3.05. The Balaban J connectivity index is 1.69. The lowest BCUT2D eigenvalue weighted by molar-refractivity contribution is -0.220. The molecule has 120 valence electrons. The van der Waals surface area contributed by atoms with Gasteiger partial charge in [0.1, 0.15) is 11.2 Å². The molecule has 1 aromatic heterocycles. The minimum Gasteiger partial charge on any atom is -0.480 e. The maximum atomic E-state index is 13.0. The number of aryl methyl sites for hydroxylation is 1. The average Bonchev–Trinajstić information content (AvgIpc) is 2.82. The van der Waals surface area contributed by atoms with Crippen LogP contribution in [0.2, 0.25) is 0 Å². The van der Waals surface area contributed by atoms with E-state index in [2.05, 4.69) is 15.5 Å². The number of carboxylic acids is 1. The average molecular weight is 313 g/mol. The van der Waals surface area contributed by atoms with Crippen LogP contribution in [0.1, 0.15) is 48.8 Å². The number of H-pyrrole nitrogens is 1. The van der Waals surface area contributed by atoms with Crippen molar-refractivity contribution in [2.75, 3.05) is 0 Å². The van der Waals surface area contributed by atoms with E-state index >= 15 is 0 Å². The summed E-state index contributed by atoms with van der Waals surface area (Å²) in [6.45, 7) is 1.89. The Morgan fingerprint density at radius 1 is 1.36 bits per heavy atom. The second-order valence-electron chi connectivity index (χ2n) is 6.54. The number of carboxylic acid groups (broad SMARTS) is 1. The molecule has 0 radical (unpaired) electrons. The second-order valence-corrected chi connectivity index (χ2v) is 6.54. The van der Waals surface area contributed by atoms with Crippen molar-refractivity contribution in [1.29, 1.82) is 0 Å². The molecule has 0 aromatic carbocycles. The highest BCUT2D eigenvalue weighted by Crippen LogP contribution is 2.65. The molecule has 1 heterocycles. The van der Waals surface area contributed by atoms with E-state index in [1.54, 1.807) is 6.07 Å². The van der Waals surface area contributed by atoms with E-state index in [9.17, 15) is 23.5 Å². The molecular weight excluding hydrogens is 296 g/mol. The predicted molar refractivity (Wildman–Crippen MR) is 71.6 cm³/mol. The first kappa shape index (κ1) is 14.9. The number of aliphatic carboxylic acids is 1. The molecular formula is C14H17F2N3O3. The van der Waals surface area contributed by atoms with Crippen molar-refractivity contribution in [3.63, 3.8) is 0 Å². The fourth-order valence-electron chi connectivity index (χ4n) is 3.76. The number of rotatable bonds is 4. The van der Waals surface area contributed by atoms with Crippen LogP contribution in [0.15, 0.2) is 6.07 Å². The number of carbonyl (C=O) groups excluding carboxylic acids is 1. The molecule has 2 aliphatic carbocycles. The van der Waals surface area contributed by atoms with Gasteiger partial charge in [-0.15, -0.1) is 0 Å². The molecule has 3 N–H and O–H groups in total. The lowest BCUT2D eigenvalue weighted by Crippen LogP contribution is -2.71. The van der Waals surface area contributed by atoms with Crippen molar-refractivity contribution in [3.05, 3.63) is 17.5 Å². The summed E-state index contributed by atoms with van der Waals surface area (Å²) in [7, 11) is 0. The number of hydrogen-bond acceptors (Lipinski definition) is 3. The Morgan fingerprint density at radius 3 is 2.45 bits per heavy atom. The molecule has 8 heteroatoms. The first-order chi connectivity index (χ1) is 10.2. The van der Waals surface area contributed by atoms with Crippen molar-refractivity contribution >= 4 is 11.9 Å². The second kappa shape index (κ2) is 4.50. The van der Waals surface area contributed by atoms with Gasteiger partial charge in [0.15, 0.2) is 0 Å². The van der Waals surface area contributed by atoms with Crippen molar-refractivity contribution < 1.29 is 23.5 Å². The van der Waals surface area contributed by atoms with Crippen LogP contribution < -0.4 is 5.32 Å². The number of nitrogens with zero attached hydrogens (tertiary/aromatic N) is 1. The van der Waals surface area contributed by atoms with Crippen molar-refractivity contribution in [2.24, 2.45) is 5.41 Å². The van der Waals surface area contributed by atoms with Gasteiger partial charge in [-0.1, -0.05) is 6.92 Å². The molecule has 1 aromatic rings. The third kappa shape index (κ3) is 2.26. The fourth-order valence-corrected chi connectivity index (χ4v) is 3.76. The van der Waals surface area contributed by atoms with E-state index < -0.39 is 28.8 Å². The minimum atomic E-state index is -2.70. The summed E-state index contributed by atoms with van der Waals surface area (Å²) in [4.78, 5) is 23.6. The van der Waals surface area contributed by atoms with Crippen molar-refractivity contribution in [2.45, 2.75) is 50.5 Å². The summed E-state index contributed by atoms with van der Waals surface area (Å²) >= 11 is 0. The van der Waals surface area contributed by atoms with E-state index in [1.807, 2.05) is 6.92 Å². The highest BCUT2D eigenvalue weighted by molar-refractivity contribution is 5.97. The minimum absolute atomic E-state index is 0.0434. The molecule has 6 nitrogen and oxygen atoms in total. The van der Waals surface area contributed by atoms with Gasteiger partial charge in [-0.2, -0.15) is 5.10 Å². The largest absolute Gasteiger partial charge is 0.480 e. The summed E-state index contributed by atoms with van der Waals surface area (Å²) in [5, 5.41) is 18.4. The summed E-state index contributed by atoms with van der Waals surface area (Å²) in [5.74, 6) is -4.49. The van der Waals surface area contributed by atoms with Gasteiger partial charge in [-0.05, 0) is 30.7 Å². The summed E-state index contributed by atoms with van der Waals surface area (Å²) < 4.78 is 26.1. The van der Waals surface area contributed by atoms with Crippen molar-refractivity contribution in [1.82, 2.24) is 15.5 Å². The zero-order valence-electron chi connectivity index (χ0n) is 12.1. The maximum Gasteiger partial charge on any atom is 0.329 e. The lowest BCUT2D eigenvalue weighted by atomic mass is 9.47. The van der Waals surface area contributed by atoms with Crippen LogP contribution in [0.3, 0.4) is 0 Å². The van der Waals surface area contributed by atoms with E-state index in [4.69, 9.17) is 0 Å². The van der Waals surface area contributed by atoms with Gasteiger partial charge in [-0.25, -0.2) is 13.6 Å². The number of hydrogen-bond donors (Lipinski definition) is 3. The summed E-state index contributed by atoms with van der Waals surface area (Å²) in [6, 6.07) is 1.55. The van der Waals surface area contributed by atoms with Crippen LogP contribution in [-0.2, 0) is 11.2 Å². The number of aromatic amines is 1. The topological polar surface area (TPSA) is 95.1 Å². The van der Waals surface area contributed by atoms with Gasteiger partial charge < -0.3 is 10.4 Å². The number of amides is 1. The number of carbonyl (C=O) groups is 2. The Hall–Kier alpha value is -1.99. The standard InChI is InChI=1S/C14H17F2N3O3/c1-2-8-3-9(19-18-8)10(20)17-13(11(21)22)4-12(5-13)6-14(15,16)7-12/h3H,2,4-7H2,1H3,(H,17,20)(H,18,19)(H,21,22). The quantitative estimate of drug-likeness (QED) is 0.789. The van der Waals surface area contributed by atoms with Gasteiger partial charge in [-0.3, -0.25) is 9.89 Å². The van der Waals surface area contributed by atoms with Crippen LogP contribution in [0.5, 0.6) is 0 Å². The van der Waals surface area contributed by atoms with E-state index in [1.165, 1.54) is 0 Å². The normalized spacial score (nSPS) is 23.4.